The van der Waals surface area contributed by atoms with Crippen molar-refractivity contribution in [3.05, 3.63) is 188 Å². The highest BCUT2D eigenvalue weighted by atomic mass is 16.3. The van der Waals surface area contributed by atoms with Gasteiger partial charge in [0.25, 0.3) is 0 Å². The third kappa shape index (κ3) is 5.26. The second kappa shape index (κ2) is 12.6. The van der Waals surface area contributed by atoms with Gasteiger partial charge >= 0.3 is 0 Å². The van der Waals surface area contributed by atoms with Crippen molar-refractivity contribution in [2.24, 2.45) is 0 Å². The van der Waals surface area contributed by atoms with Crippen molar-refractivity contribution in [1.29, 1.82) is 0 Å². The predicted octanol–water partition coefficient (Wildman–Crippen LogP) is 13.6. The number of hydrogen-bond donors (Lipinski definition) is 0. The molecule has 0 atom stereocenters. The molecule has 0 fully saturated rings. The SMILES string of the molecule is c1ccc(-c2c(-c3nc(-c4ccc5ccccc5c4)nc(-c4ccc5oc6c(-c7ccccc7)c7ccccc7cc6c5c4)n3)ccc3ccccc23)cc1. The maximum atomic E-state index is 6.72. The molecule has 0 saturated carbocycles. The normalized spacial score (nSPS) is 11.6. The molecule has 0 N–H and O–H groups in total. The number of aromatic nitrogens is 3. The van der Waals surface area contributed by atoms with Crippen LogP contribution in [0.2, 0.25) is 0 Å². The molecular weight excluding hydrogens is 671 g/mol. The van der Waals surface area contributed by atoms with Crippen molar-refractivity contribution in [1.82, 2.24) is 15.0 Å². The van der Waals surface area contributed by atoms with Crippen LogP contribution in [0.1, 0.15) is 0 Å². The fourth-order valence-electron chi connectivity index (χ4n) is 8.06. The van der Waals surface area contributed by atoms with Crippen LogP contribution in [0.4, 0.5) is 0 Å². The number of rotatable bonds is 5. The predicted molar refractivity (Wildman–Crippen MR) is 227 cm³/mol. The van der Waals surface area contributed by atoms with Crippen molar-refractivity contribution in [3.63, 3.8) is 0 Å². The summed E-state index contributed by atoms with van der Waals surface area (Å²) in [6.45, 7) is 0. The van der Waals surface area contributed by atoms with E-state index in [2.05, 4.69) is 182 Å². The van der Waals surface area contributed by atoms with Crippen molar-refractivity contribution >= 4 is 54.3 Å². The van der Waals surface area contributed by atoms with Gasteiger partial charge in [0.15, 0.2) is 17.5 Å². The Bertz CT molecular complexity index is 3260. The summed E-state index contributed by atoms with van der Waals surface area (Å²) in [5.41, 5.74) is 8.87. The lowest BCUT2D eigenvalue weighted by atomic mass is 9.93. The Balaban J connectivity index is 1.17. The summed E-state index contributed by atoms with van der Waals surface area (Å²) in [6.07, 6.45) is 0. The maximum Gasteiger partial charge on any atom is 0.164 e. The van der Waals surface area contributed by atoms with Gasteiger partial charge in [-0.05, 0) is 79.8 Å². The smallest absolute Gasteiger partial charge is 0.164 e. The summed E-state index contributed by atoms with van der Waals surface area (Å²) in [5.74, 6) is 1.83. The van der Waals surface area contributed by atoms with Crippen LogP contribution in [0.3, 0.4) is 0 Å². The zero-order chi connectivity index (χ0) is 36.3. The molecule has 2 heterocycles. The minimum Gasteiger partial charge on any atom is -0.455 e. The highest BCUT2D eigenvalue weighted by Crippen LogP contribution is 2.43. The Morgan fingerprint density at radius 3 is 1.60 bits per heavy atom. The first-order chi connectivity index (χ1) is 27.2. The molecule has 256 valence electrons. The molecule has 9 aromatic carbocycles. The molecule has 0 aliphatic carbocycles. The van der Waals surface area contributed by atoms with E-state index in [0.29, 0.717) is 17.5 Å². The molecule has 0 bridgehead atoms. The second-order valence-corrected chi connectivity index (χ2v) is 14.0. The molecule has 0 aliphatic rings. The number of furan rings is 1. The largest absolute Gasteiger partial charge is 0.455 e. The van der Waals surface area contributed by atoms with Crippen LogP contribution in [0.15, 0.2) is 192 Å². The molecule has 4 nitrogen and oxygen atoms in total. The van der Waals surface area contributed by atoms with Crippen molar-refractivity contribution in [2.75, 3.05) is 0 Å². The van der Waals surface area contributed by atoms with Crippen LogP contribution in [-0.4, -0.2) is 15.0 Å². The number of nitrogens with zero attached hydrogens (tertiary/aromatic N) is 3. The fraction of sp³-hybridized carbons (Fsp3) is 0. The summed E-state index contributed by atoms with van der Waals surface area (Å²) >= 11 is 0. The van der Waals surface area contributed by atoms with E-state index in [9.17, 15) is 0 Å². The second-order valence-electron chi connectivity index (χ2n) is 14.0. The molecule has 11 rings (SSSR count). The van der Waals surface area contributed by atoms with E-state index >= 15 is 0 Å². The highest BCUT2D eigenvalue weighted by Gasteiger charge is 2.20. The lowest BCUT2D eigenvalue weighted by molar-refractivity contribution is 0.670. The van der Waals surface area contributed by atoms with E-state index in [1.165, 1.54) is 5.39 Å². The van der Waals surface area contributed by atoms with Crippen molar-refractivity contribution in [3.8, 4) is 56.4 Å². The molecule has 55 heavy (non-hydrogen) atoms. The first kappa shape index (κ1) is 31.1. The van der Waals surface area contributed by atoms with E-state index in [1.54, 1.807) is 0 Å². The number of fused-ring (bicyclic) bond motifs is 6. The minimum absolute atomic E-state index is 0.598. The van der Waals surface area contributed by atoms with Gasteiger partial charge in [0.05, 0.1) is 0 Å². The number of hydrogen-bond acceptors (Lipinski definition) is 4. The van der Waals surface area contributed by atoms with E-state index in [0.717, 1.165) is 87.8 Å². The van der Waals surface area contributed by atoms with Crippen LogP contribution in [0.25, 0.3) is 111 Å². The molecule has 11 aromatic rings. The van der Waals surface area contributed by atoms with Crippen molar-refractivity contribution < 1.29 is 4.42 Å². The quantitative estimate of drug-likeness (QED) is 0.179. The van der Waals surface area contributed by atoms with Crippen LogP contribution >= 0.6 is 0 Å². The summed E-state index contributed by atoms with van der Waals surface area (Å²) < 4.78 is 6.72. The van der Waals surface area contributed by atoms with Gasteiger partial charge in [-0.15, -0.1) is 0 Å². The Morgan fingerprint density at radius 2 is 0.855 bits per heavy atom. The Morgan fingerprint density at radius 1 is 0.309 bits per heavy atom. The third-order valence-corrected chi connectivity index (χ3v) is 10.7. The Kier molecular flexibility index (Phi) is 7.14. The van der Waals surface area contributed by atoms with Gasteiger partial charge < -0.3 is 4.42 Å². The molecule has 0 spiro atoms. The summed E-state index contributed by atoms with van der Waals surface area (Å²) in [6, 6.07) is 65.7. The summed E-state index contributed by atoms with van der Waals surface area (Å²) in [5, 5.41) is 9.00. The average Bonchev–Trinajstić information content (AvgIpc) is 3.62. The van der Waals surface area contributed by atoms with E-state index < -0.39 is 0 Å². The van der Waals surface area contributed by atoms with E-state index in [4.69, 9.17) is 19.4 Å². The molecule has 0 unspecified atom stereocenters. The van der Waals surface area contributed by atoms with Gasteiger partial charge in [-0.1, -0.05) is 152 Å². The van der Waals surface area contributed by atoms with E-state index in [-0.39, 0.29) is 0 Å². The van der Waals surface area contributed by atoms with Gasteiger partial charge in [0.1, 0.15) is 11.2 Å². The molecule has 4 heteroatoms. The summed E-state index contributed by atoms with van der Waals surface area (Å²) in [4.78, 5) is 15.7. The molecule has 0 aliphatic heterocycles. The third-order valence-electron chi connectivity index (χ3n) is 10.7. The zero-order valence-corrected chi connectivity index (χ0v) is 29.6. The van der Waals surface area contributed by atoms with Crippen LogP contribution in [0, 0.1) is 0 Å². The average molecular weight is 702 g/mol. The lowest BCUT2D eigenvalue weighted by Crippen LogP contribution is -2.01. The zero-order valence-electron chi connectivity index (χ0n) is 29.6. The first-order valence-electron chi connectivity index (χ1n) is 18.5. The van der Waals surface area contributed by atoms with Gasteiger partial charge in [-0.25, -0.2) is 15.0 Å². The molecular formula is C51H31N3O. The highest BCUT2D eigenvalue weighted by molar-refractivity contribution is 6.18. The van der Waals surface area contributed by atoms with Gasteiger partial charge in [0.2, 0.25) is 0 Å². The van der Waals surface area contributed by atoms with Crippen LogP contribution < -0.4 is 0 Å². The minimum atomic E-state index is 0.598. The Labute approximate surface area is 317 Å². The van der Waals surface area contributed by atoms with Gasteiger partial charge in [-0.2, -0.15) is 0 Å². The monoisotopic (exact) mass is 701 g/mol. The molecule has 0 amide bonds. The number of benzene rings is 9. The standard InChI is InChI=1S/C51H31N3O/c1-3-15-34(16-4-1)46-40-21-11-9-14-33(40)25-27-42(46)51-53-49(38-24-23-32-13-7-8-19-36(32)29-38)52-50(54-51)39-26-28-45-43(31-39)44-30-37-20-10-12-22-41(37)47(48(44)55-45)35-17-5-2-6-18-35/h1-31H. The Hall–Kier alpha value is -7.43. The summed E-state index contributed by atoms with van der Waals surface area (Å²) in [7, 11) is 0. The van der Waals surface area contributed by atoms with Crippen LogP contribution in [0.5, 0.6) is 0 Å². The van der Waals surface area contributed by atoms with Gasteiger partial charge in [0, 0.05) is 38.6 Å². The van der Waals surface area contributed by atoms with Crippen molar-refractivity contribution in [2.45, 2.75) is 0 Å². The first-order valence-corrected chi connectivity index (χ1v) is 18.5. The molecule has 0 radical (unpaired) electrons. The molecule has 0 saturated heterocycles. The maximum absolute atomic E-state index is 6.72. The van der Waals surface area contributed by atoms with E-state index in [1.807, 2.05) is 6.07 Å². The topological polar surface area (TPSA) is 51.8 Å². The lowest BCUT2D eigenvalue weighted by Gasteiger charge is -2.15. The molecule has 2 aromatic heterocycles. The fourth-order valence-corrected chi connectivity index (χ4v) is 8.06. The van der Waals surface area contributed by atoms with Gasteiger partial charge in [-0.3, -0.25) is 0 Å². The van der Waals surface area contributed by atoms with Crippen LogP contribution in [-0.2, 0) is 0 Å².